The molecule has 0 radical (unpaired) electrons. The van der Waals surface area contributed by atoms with Gasteiger partial charge in [-0.1, -0.05) is 6.42 Å². The molecule has 0 spiro atoms. The van der Waals surface area contributed by atoms with Gasteiger partial charge in [-0.15, -0.1) is 0 Å². The monoisotopic (exact) mass is 432 g/mol. The van der Waals surface area contributed by atoms with Gasteiger partial charge in [0.05, 0.1) is 24.4 Å². The Morgan fingerprint density at radius 3 is 1.84 bits per heavy atom. The highest BCUT2D eigenvalue weighted by Gasteiger charge is 2.53. The summed E-state index contributed by atoms with van der Waals surface area (Å²) in [5, 5.41) is 19.6. The normalized spacial score (nSPS) is 47.9. The SMILES string of the molecule is O=C(C1CCC(O)CC1)C1CCC2OC3C(C(=O)C4CCC(O)CC4)CCCC3C2C1. The zero-order valence-electron chi connectivity index (χ0n) is 18.8. The van der Waals surface area contributed by atoms with Crippen LogP contribution in [0.15, 0.2) is 0 Å². The van der Waals surface area contributed by atoms with Crippen LogP contribution in [-0.2, 0) is 14.3 Å². The van der Waals surface area contributed by atoms with Gasteiger partial charge in [-0.25, -0.2) is 0 Å². The largest absolute Gasteiger partial charge is 0.393 e. The first kappa shape index (κ1) is 22.0. The zero-order chi connectivity index (χ0) is 21.5. The minimum absolute atomic E-state index is 0.0265. The summed E-state index contributed by atoms with van der Waals surface area (Å²) in [6.45, 7) is 0. The van der Waals surface area contributed by atoms with Gasteiger partial charge in [-0.2, -0.15) is 0 Å². The van der Waals surface area contributed by atoms with Crippen molar-refractivity contribution in [3.63, 3.8) is 0 Å². The summed E-state index contributed by atoms with van der Waals surface area (Å²) in [5.74, 6) is 2.14. The second-order valence-corrected chi connectivity index (χ2v) is 11.3. The third kappa shape index (κ3) is 4.39. The Morgan fingerprint density at radius 1 is 0.613 bits per heavy atom. The lowest BCUT2D eigenvalue weighted by Crippen LogP contribution is -2.41. The maximum atomic E-state index is 13.4. The lowest BCUT2D eigenvalue weighted by atomic mass is 9.64. The molecule has 2 N–H and O–H groups in total. The summed E-state index contributed by atoms with van der Waals surface area (Å²) >= 11 is 0. The molecular weight excluding hydrogens is 392 g/mol. The molecule has 0 aromatic rings. The van der Waals surface area contributed by atoms with Crippen molar-refractivity contribution in [2.45, 2.75) is 114 Å². The second kappa shape index (κ2) is 9.23. The van der Waals surface area contributed by atoms with E-state index in [0.29, 0.717) is 23.4 Å². The van der Waals surface area contributed by atoms with E-state index in [1.165, 1.54) is 0 Å². The first-order valence-corrected chi connectivity index (χ1v) is 13.1. The number of hydrogen-bond donors (Lipinski definition) is 2. The van der Waals surface area contributed by atoms with E-state index < -0.39 is 0 Å². The molecule has 6 unspecified atom stereocenters. The van der Waals surface area contributed by atoms with E-state index in [9.17, 15) is 19.8 Å². The molecule has 1 saturated heterocycles. The number of carbonyl (C=O) groups is 2. The standard InChI is InChI=1S/C26H40O5/c27-18-9-4-15(5-10-18)24(29)17-8-13-23-22(14-17)20-2-1-3-21(26(20)31-23)25(30)16-6-11-19(28)12-7-16/h15-23,26-28H,1-14H2. The van der Waals surface area contributed by atoms with Crippen LogP contribution >= 0.6 is 0 Å². The Kier molecular flexibility index (Phi) is 6.56. The van der Waals surface area contributed by atoms with Gasteiger partial charge in [-0.3, -0.25) is 9.59 Å². The number of carbonyl (C=O) groups excluding carboxylic acids is 2. The molecule has 5 aliphatic rings. The molecule has 5 rings (SSSR count). The second-order valence-electron chi connectivity index (χ2n) is 11.3. The summed E-state index contributed by atoms with van der Waals surface area (Å²) in [4.78, 5) is 26.6. The number of aliphatic hydroxyl groups is 2. The lowest BCUT2D eigenvalue weighted by molar-refractivity contribution is -0.136. The summed E-state index contributed by atoms with van der Waals surface area (Å²) in [5.41, 5.74) is 0. The average molecular weight is 433 g/mol. The molecule has 5 heteroatoms. The molecule has 1 heterocycles. The summed E-state index contributed by atoms with van der Waals surface area (Å²) < 4.78 is 6.59. The van der Waals surface area contributed by atoms with E-state index in [1.807, 2.05) is 0 Å². The molecular formula is C26H40O5. The Labute approximate surface area is 186 Å². The van der Waals surface area contributed by atoms with Gasteiger partial charge in [0.1, 0.15) is 11.6 Å². The van der Waals surface area contributed by atoms with Crippen LogP contribution in [0, 0.1) is 35.5 Å². The van der Waals surface area contributed by atoms with E-state index in [2.05, 4.69) is 0 Å². The van der Waals surface area contributed by atoms with Crippen LogP contribution in [0.4, 0.5) is 0 Å². The molecule has 4 saturated carbocycles. The minimum Gasteiger partial charge on any atom is -0.393 e. The minimum atomic E-state index is -0.226. The fraction of sp³-hybridized carbons (Fsp3) is 0.923. The van der Waals surface area contributed by atoms with Gasteiger partial charge < -0.3 is 14.9 Å². The van der Waals surface area contributed by atoms with Crippen molar-refractivity contribution < 1.29 is 24.5 Å². The number of hydrogen-bond acceptors (Lipinski definition) is 5. The molecule has 1 aliphatic heterocycles. The molecule has 6 atom stereocenters. The predicted octanol–water partition coefficient (Wildman–Crippen LogP) is 3.83. The fourth-order valence-corrected chi connectivity index (χ4v) is 7.77. The third-order valence-electron chi connectivity index (χ3n) is 9.55. The number of ketones is 2. The number of Topliss-reactive ketones (excluding diaryl/α,β-unsaturated/α-hetero) is 2. The lowest BCUT2D eigenvalue weighted by Gasteiger charge is -2.38. The van der Waals surface area contributed by atoms with Crippen LogP contribution in [0.5, 0.6) is 0 Å². The Bertz CT molecular complexity index is 661. The van der Waals surface area contributed by atoms with Gasteiger partial charge in [0, 0.05) is 23.7 Å². The van der Waals surface area contributed by atoms with Crippen LogP contribution in [0.3, 0.4) is 0 Å². The quantitative estimate of drug-likeness (QED) is 0.705. The third-order valence-corrected chi connectivity index (χ3v) is 9.55. The molecule has 4 aliphatic carbocycles. The summed E-state index contributed by atoms with van der Waals surface area (Å²) in [6, 6.07) is 0. The van der Waals surface area contributed by atoms with Crippen molar-refractivity contribution in [3.8, 4) is 0 Å². The maximum Gasteiger partial charge on any atom is 0.141 e. The van der Waals surface area contributed by atoms with Gasteiger partial charge in [0.2, 0.25) is 0 Å². The molecule has 5 nitrogen and oxygen atoms in total. The Hall–Kier alpha value is -0.780. The number of aliphatic hydroxyl groups excluding tert-OH is 2. The van der Waals surface area contributed by atoms with Gasteiger partial charge in [0.15, 0.2) is 0 Å². The highest BCUT2D eigenvalue weighted by molar-refractivity contribution is 5.84. The van der Waals surface area contributed by atoms with Crippen LogP contribution in [-0.4, -0.2) is 46.2 Å². The topological polar surface area (TPSA) is 83.8 Å². The molecule has 174 valence electrons. The number of ether oxygens (including phenoxy) is 1. The van der Waals surface area contributed by atoms with E-state index in [1.54, 1.807) is 0 Å². The van der Waals surface area contributed by atoms with E-state index >= 15 is 0 Å². The smallest absolute Gasteiger partial charge is 0.141 e. The average Bonchev–Trinajstić information content (AvgIpc) is 3.17. The highest BCUT2D eigenvalue weighted by atomic mass is 16.5. The summed E-state index contributed by atoms with van der Waals surface area (Å²) in [7, 11) is 0. The van der Waals surface area contributed by atoms with E-state index in [0.717, 1.165) is 89.9 Å². The van der Waals surface area contributed by atoms with E-state index in [-0.39, 0.29) is 48.1 Å². The predicted molar refractivity (Wildman–Crippen MR) is 116 cm³/mol. The number of rotatable bonds is 4. The van der Waals surface area contributed by atoms with Gasteiger partial charge in [0.25, 0.3) is 0 Å². The molecule has 0 aromatic carbocycles. The van der Waals surface area contributed by atoms with Crippen LogP contribution in [0.2, 0.25) is 0 Å². The molecule has 31 heavy (non-hydrogen) atoms. The Balaban J connectivity index is 1.23. The van der Waals surface area contributed by atoms with Gasteiger partial charge in [-0.05, 0) is 95.3 Å². The molecule has 0 amide bonds. The van der Waals surface area contributed by atoms with Crippen molar-refractivity contribution >= 4 is 11.6 Å². The maximum absolute atomic E-state index is 13.4. The van der Waals surface area contributed by atoms with Crippen LogP contribution in [0.1, 0.15) is 89.9 Å². The first-order chi connectivity index (χ1) is 15.0. The molecule has 0 bridgehead atoms. The van der Waals surface area contributed by atoms with Crippen molar-refractivity contribution in [1.82, 2.24) is 0 Å². The van der Waals surface area contributed by atoms with Crippen molar-refractivity contribution in [1.29, 1.82) is 0 Å². The Morgan fingerprint density at radius 2 is 1.19 bits per heavy atom. The molecule has 5 fully saturated rings. The number of fused-ring (bicyclic) bond motifs is 3. The van der Waals surface area contributed by atoms with Crippen molar-refractivity contribution in [3.05, 3.63) is 0 Å². The highest BCUT2D eigenvalue weighted by Crippen LogP contribution is 2.52. The molecule has 0 aromatic heterocycles. The summed E-state index contributed by atoms with van der Waals surface area (Å²) in [6.07, 6.45) is 12.3. The van der Waals surface area contributed by atoms with Crippen LogP contribution in [0.25, 0.3) is 0 Å². The van der Waals surface area contributed by atoms with Crippen LogP contribution < -0.4 is 0 Å². The van der Waals surface area contributed by atoms with E-state index in [4.69, 9.17) is 4.74 Å². The first-order valence-electron chi connectivity index (χ1n) is 13.1. The zero-order valence-corrected chi connectivity index (χ0v) is 18.8. The van der Waals surface area contributed by atoms with Gasteiger partial charge >= 0.3 is 0 Å². The fourth-order valence-electron chi connectivity index (χ4n) is 7.77. The van der Waals surface area contributed by atoms with Crippen molar-refractivity contribution in [2.24, 2.45) is 35.5 Å². The van der Waals surface area contributed by atoms with Crippen molar-refractivity contribution in [2.75, 3.05) is 0 Å².